The van der Waals surface area contributed by atoms with Crippen molar-refractivity contribution in [3.63, 3.8) is 0 Å². The normalized spacial score (nSPS) is 26.9. The van der Waals surface area contributed by atoms with Crippen molar-refractivity contribution in [2.45, 2.75) is 13.3 Å². The van der Waals surface area contributed by atoms with Gasteiger partial charge in [-0.05, 0) is 12.5 Å². The zero-order chi connectivity index (χ0) is 14.2. The average Bonchev–Trinajstić information content (AvgIpc) is 2.35. The summed E-state index contributed by atoms with van der Waals surface area (Å²) in [4.78, 5) is 25.0. The number of hydrogen-bond acceptors (Lipinski definition) is 3. The number of carboxylic acid groups (broad SMARTS) is 1. The second-order valence-corrected chi connectivity index (χ2v) is 4.94. The monoisotopic (exact) mass is 265 g/mol. The summed E-state index contributed by atoms with van der Waals surface area (Å²) in [7, 11) is 0. The van der Waals surface area contributed by atoms with Crippen LogP contribution in [0, 0.1) is 11.8 Å². The minimum atomic E-state index is -1.17. The molecule has 19 heavy (non-hydrogen) atoms. The van der Waals surface area contributed by atoms with E-state index in [4.69, 9.17) is 5.11 Å². The predicted molar refractivity (Wildman–Crippen MR) is 67.9 cm³/mol. The Morgan fingerprint density at radius 2 is 2.37 bits per heavy atom. The third-order valence-corrected chi connectivity index (χ3v) is 3.58. The molecule has 2 unspecified atom stereocenters. The van der Waals surface area contributed by atoms with Gasteiger partial charge in [-0.25, -0.2) is 4.39 Å². The number of Topliss-reactive ketones (excluding diaryl/α,β-unsaturated/α-hetero) is 1. The highest BCUT2D eigenvalue weighted by Gasteiger charge is 2.39. The number of ketones is 1. The Morgan fingerprint density at radius 1 is 1.68 bits per heavy atom. The number of nitrogens with zero attached hydrogens (tertiary/aromatic N) is 1. The van der Waals surface area contributed by atoms with E-state index in [1.54, 1.807) is 13.0 Å². The molecule has 2 atom stereocenters. The van der Waals surface area contributed by atoms with Gasteiger partial charge in [-0.15, -0.1) is 6.58 Å². The number of rotatable bonds is 3. The Balaban J connectivity index is 2.46. The SMILES string of the molecule is C=CCN1CC(C(=O)O)C(=O)C2=C1CC(C)C(F)=C2. The highest BCUT2D eigenvalue weighted by molar-refractivity contribution is 6.10. The molecule has 1 aliphatic carbocycles. The van der Waals surface area contributed by atoms with E-state index in [2.05, 4.69) is 6.58 Å². The fourth-order valence-electron chi connectivity index (χ4n) is 2.51. The molecule has 1 aliphatic heterocycles. The van der Waals surface area contributed by atoms with Crippen LogP contribution < -0.4 is 0 Å². The van der Waals surface area contributed by atoms with Crippen LogP contribution in [0.3, 0.4) is 0 Å². The number of carbonyl (C=O) groups is 2. The number of allylic oxidation sites excluding steroid dienone is 4. The molecule has 0 aromatic carbocycles. The zero-order valence-electron chi connectivity index (χ0n) is 10.7. The second-order valence-electron chi connectivity index (χ2n) is 4.94. The minimum absolute atomic E-state index is 0.126. The predicted octanol–water partition coefficient (Wildman–Crippen LogP) is 1.91. The van der Waals surface area contributed by atoms with Gasteiger partial charge in [0, 0.05) is 30.3 Å². The molecule has 1 N–H and O–H groups in total. The van der Waals surface area contributed by atoms with Crippen LogP contribution in [0.4, 0.5) is 4.39 Å². The molecule has 0 bridgehead atoms. The van der Waals surface area contributed by atoms with Gasteiger partial charge in [-0.2, -0.15) is 0 Å². The van der Waals surface area contributed by atoms with E-state index in [1.165, 1.54) is 6.08 Å². The molecule has 2 aliphatic rings. The summed E-state index contributed by atoms with van der Waals surface area (Å²) in [6.45, 7) is 5.96. The van der Waals surface area contributed by atoms with Crippen LogP contribution in [0.25, 0.3) is 0 Å². The molecule has 0 fully saturated rings. The highest BCUT2D eigenvalue weighted by atomic mass is 19.1. The van der Waals surface area contributed by atoms with Gasteiger partial charge >= 0.3 is 5.97 Å². The van der Waals surface area contributed by atoms with E-state index < -0.39 is 17.7 Å². The summed E-state index contributed by atoms with van der Waals surface area (Å²) in [6.07, 6.45) is 3.26. The number of hydrogen-bond donors (Lipinski definition) is 1. The first kappa shape index (κ1) is 13.5. The van der Waals surface area contributed by atoms with Crippen LogP contribution in [0.15, 0.2) is 35.8 Å². The van der Waals surface area contributed by atoms with Crippen LogP contribution in [0.5, 0.6) is 0 Å². The largest absolute Gasteiger partial charge is 0.481 e. The average molecular weight is 265 g/mol. The summed E-state index contributed by atoms with van der Waals surface area (Å²) in [6, 6.07) is 0. The van der Waals surface area contributed by atoms with Crippen LogP contribution in [0.1, 0.15) is 13.3 Å². The van der Waals surface area contributed by atoms with E-state index in [1.807, 2.05) is 4.90 Å². The van der Waals surface area contributed by atoms with Crippen molar-refractivity contribution in [3.05, 3.63) is 35.8 Å². The van der Waals surface area contributed by atoms with Gasteiger partial charge in [0.25, 0.3) is 0 Å². The molecule has 0 radical (unpaired) electrons. The van der Waals surface area contributed by atoms with Crippen LogP contribution in [-0.4, -0.2) is 34.8 Å². The third-order valence-electron chi connectivity index (χ3n) is 3.58. The third kappa shape index (κ3) is 2.32. The summed E-state index contributed by atoms with van der Waals surface area (Å²) in [5.41, 5.74) is 0.937. The maximum atomic E-state index is 13.7. The van der Waals surface area contributed by atoms with Crippen molar-refractivity contribution in [1.82, 2.24) is 4.90 Å². The lowest BCUT2D eigenvalue weighted by molar-refractivity contribution is -0.146. The lowest BCUT2D eigenvalue weighted by Crippen LogP contribution is -2.44. The Morgan fingerprint density at radius 3 is 2.95 bits per heavy atom. The molecule has 5 heteroatoms. The number of aliphatic carboxylic acids is 1. The first-order valence-electron chi connectivity index (χ1n) is 6.18. The van der Waals surface area contributed by atoms with Gasteiger partial charge < -0.3 is 10.0 Å². The molecule has 0 spiro atoms. The van der Waals surface area contributed by atoms with Crippen LogP contribution in [-0.2, 0) is 9.59 Å². The molecule has 4 nitrogen and oxygen atoms in total. The van der Waals surface area contributed by atoms with E-state index in [0.717, 1.165) is 5.70 Å². The Labute approximate surface area is 110 Å². The van der Waals surface area contributed by atoms with Gasteiger partial charge in [-0.3, -0.25) is 9.59 Å². The van der Waals surface area contributed by atoms with E-state index in [9.17, 15) is 14.0 Å². The topological polar surface area (TPSA) is 57.6 Å². The molecular formula is C14H16FNO3. The van der Waals surface area contributed by atoms with Crippen molar-refractivity contribution < 1.29 is 19.1 Å². The molecular weight excluding hydrogens is 249 g/mol. The fourth-order valence-corrected chi connectivity index (χ4v) is 2.51. The van der Waals surface area contributed by atoms with Crippen molar-refractivity contribution >= 4 is 11.8 Å². The minimum Gasteiger partial charge on any atom is -0.481 e. The lowest BCUT2D eigenvalue weighted by Gasteiger charge is -2.37. The van der Waals surface area contributed by atoms with E-state index in [-0.39, 0.29) is 23.9 Å². The van der Waals surface area contributed by atoms with Gasteiger partial charge in [0.15, 0.2) is 5.78 Å². The molecule has 102 valence electrons. The molecule has 1 heterocycles. The maximum absolute atomic E-state index is 13.7. The summed E-state index contributed by atoms with van der Waals surface area (Å²) in [5, 5.41) is 9.09. The van der Waals surface area contributed by atoms with Crippen molar-refractivity contribution in [1.29, 1.82) is 0 Å². The molecule has 0 saturated carbocycles. The van der Waals surface area contributed by atoms with Crippen LogP contribution >= 0.6 is 0 Å². The van der Waals surface area contributed by atoms with Crippen molar-refractivity contribution in [2.24, 2.45) is 11.8 Å². The smallest absolute Gasteiger partial charge is 0.316 e. The number of carbonyl (C=O) groups excluding carboxylic acids is 1. The Kier molecular flexibility index (Phi) is 3.55. The number of halogens is 1. The first-order chi connectivity index (χ1) is 8.95. The second kappa shape index (κ2) is 4.99. The summed E-state index contributed by atoms with van der Waals surface area (Å²) >= 11 is 0. The number of carboxylic acids is 1. The van der Waals surface area contributed by atoms with Gasteiger partial charge in [0.1, 0.15) is 11.7 Å². The highest BCUT2D eigenvalue weighted by Crippen LogP contribution is 2.36. The van der Waals surface area contributed by atoms with E-state index >= 15 is 0 Å². The van der Waals surface area contributed by atoms with Crippen molar-refractivity contribution in [3.8, 4) is 0 Å². The standard InChI is InChI=1S/C14H16FNO3/c1-3-4-16-7-10(14(18)19)13(17)9-6-11(15)8(2)5-12(9)16/h3,6,8,10H,1,4-5,7H2,2H3,(H,18,19). The van der Waals surface area contributed by atoms with Gasteiger partial charge in [-0.1, -0.05) is 13.0 Å². The van der Waals surface area contributed by atoms with Gasteiger partial charge in [0.05, 0.1) is 0 Å². The Bertz CT molecular complexity index is 507. The molecule has 2 rings (SSSR count). The zero-order valence-corrected chi connectivity index (χ0v) is 10.7. The molecule has 0 amide bonds. The van der Waals surface area contributed by atoms with Crippen molar-refractivity contribution in [2.75, 3.05) is 13.1 Å². The lowest BCUT2D eigenvalue weighted by atomic mass is 9.83. The van der Waals surface area contributed by atoms with Gasteiger partial charge in [0.2, 0.25) is 0 Å². The summed E-state index contributed by atoms with van der Waals surface area (Å²) in [5.74, 6) is -3.43. The molecule has 0 saturated heterocycles. The van der Waals surface area contributed by atoms with Crippen LogP contribution in [0.2, 0.25) is 0 Å². The Hall–Kier alpha value is -1.91. The first-order valence-corrected chi connectivity index (χ1v) is 6.18. The summed E-state index contributed by atoms with van der Waals surface area (Å²) < 4.78 is 13.7. The van der Waals surface area contributed by atoms with E-state index in [0.29, 0.717) is 13.0 Å². The molecule has 0 aromatic heterocycles. The quantitative estimate of drug-likeness (QED) is 0.625. The maximum Gasteiger partial charge on any atom is 0.316 e. The molecule has 0 aromatic rings. The fraction of sp³-hybridized carbons (Fsp3) is 0.429.